The number of aromatic amines is 1. The summed E-state index contributed by atoms with van der Waals surface area (Å²) in [5.41, 5.74) is 1.03. The molecule has 3 aromatic rings. The van der Waals surface area contributed by atoms with Crippen LogP contribution in [-0.2, 0) is 0 Å². The van der Waals surface area contributed by atoms with E-state index in [1.165, 1.54) is 18.2 Å². The van der Waals surface area contributed by atoms with E-state index in [0.29, 0.717) is 12.2 Å². The summed E-state index contributed by atoms with van der Waals surface area (Å²) in [6.07, 6.45) is 0.939. The van der Waals surface area contributed by atoms with E-state index in [4.69, 9.17) is 4.74 Å². The zero-order valence-electron chi connectivity index (χ0n) is 17.6. The molecule has 31 heavy (non-hydrogen) atoms. The fraction of sp³-hybridized carbons (Fsp3) is 0.318. The van der Waals surface area contributed by atoms with Crippen LogP contribution in [0.1, 0.15) is 31.1 Å². The fourth-order valence-corrected chi connectivity index (χ4v) is 2.99. The molecule has 0 spiro atoms. The van der Waals surface area contributed by atoms with Crippen LogP contribution in [0.3, 0.4) is 0 Å². The van der Waals surface area contributed by atoms with E-state index in [1.807, 2.05) is 32.9 Å². The summed E-state index contributed by atoms with van der Waals surface area (Å²) in [6, 6.07) is 11.0. The van der Waals surface area contributed by atoms with E-state index in [9.17, 15) is 20.0 Å². The number of H-pyrrole nitrogens is 1. The number of hydrogen-bond donors (Lipinski definition) is 4. The minimum atomic E-state index is -0.820. The Morgan fingerprint density at radius 2 is 2.03 bits per heavy atom. The van der Waals surface area contributed by atoms with Crippen LogP contribution in [0.4, 0.5) is 11.4 Å². The quantitative estimate of drug-likeness (QED) is 0.322. The average Bonchev–Trinajstić information content (AvgIpc) is 3.20. The number of nitrogens with zero attached hydrogens (tertiary/aromatic N) is 1. The molecule has 9 heteroatoms. The van der Waals surface area contributed by atoms with Gasteiger partial charge in [0.1, 0.15) is 18.5 Å². The van der Waals surface area contributed by atoms with Gasteiger partial charge in [-0.15, -0.1) is 0 Å². The van der Waals surface area contributed by atoms with Gasteiger partial charge in [0.2, 0.25) is 0 Å². The highest BCUT2D eigenvalue weighted by Gasteiger charge is 2.20. The van der Waals surface area contributed by atoms with Crippen molar-refractivity contribution < 1.29 is 19.6 Å². The number of β-amino-alcohol motifs (C(OH)–C–C–N with tert-alkyl or cyclic N) is 1. The summed E-state index contributed by atoms with van der Waals surface area (Å²) in [5.74, 6) is -0.395. The molecule has 3 rings (SSSR count). The number of hydrogen-bond acceptors (Lipinski definition) is 6. The van der Waals surface area contributed by atoms with Gasteiger partial charge in [0.25, 0.3) is 11.6 Å². The smallest absolute Gasteiger partial charge is 0.270 e. The van der Waals surface area contributed by atoms with Crippen LogP contribution in [0.15, 0.2) is 48.7 Å². The first-order valence-corrected chi connectivity index (χ1v) is 9.86. The van der Waals surface area contributed by atoms with Gasteiger partial charge in [-0.05, 0) is 45.0 Å². The third kappa shape index (κ3) is 5.80. The van der Waals surface area contributed by atoms with Crippen LogP contribution in [0.25, 0.3) is 10.9 Å². The molecule has 1 amide bonds. The van der Waals surface area contributed by atoms with Crippen molar-refractivity contribution in [1.82, 2.24) is 10.3 Å². The second kappa shape index (κ2) is 9.15. The van der Waals surface area contributed by atoms with Gasteiger partial charge in [-0.1, -0.05) is 6.07 Å². The SMILES string of the molecule is CC(C)(C)NCC(O)COc1ccc([N+](=O)[O-])cc1C(=O)Nc1cccc2[nH]ccc12. The molecule has 0 saturated heterocycles. The number of aliphatic hydroxyl groups is 1. The molecular weight excluding hydrogens is 400 g/mol. The van der Waals surface area contributed by atoms with Crippen molar-refractivity contribution in [2.24, 2.45) is 0 Å². The van der Waals surface area contributed by atoms with E-state index in [-0.39, 0.29) is 29.1 Å². The predicted molar refractivity (Wildman–Crippen MR) is 119 cm³/mol. The molecule has 0 aliphatic heterocycles. The van der Waals surface area contributed by atoms with Crippen LogP contribution < -0.4 is 15.4 Å². The van der Waals surface area contributed by atoms with Crippen LogP contribution in [-0.4, -0.2) is 45.7 Å². The molecule has 4 N–H and O–H groups in total. The first-order chi connectivity index (χ1) is 14.6. The summed E-state index contributed by atoms with van der Waals surface area (Å²) in [6.45, 7) is 6.15. The Bertz CT molecular complexity index is 1090. The number of nitro benzene ring substituents is 1. The number of non-ortho nitro benzene ring substituents is 1. The highest BCUT2D eigenvalue weighted by Crippen LogP contribution is 2.27. The number of nitrogens with one attached hydrogen (secondary N) is 3. The van der Waals surface area contributed by atoms with Crippen molar-refractivity contribution in [3.05, 3.63) is 64.3 Å². The Labute approximate surface area is 179 Å². The summed E-state index contributed by atoms with van der Waals surface area (Å²) in [7, 11) is 0. The van der Waals surface area contributed by atoms with E-state index < -0.39 is 16.9 Å². The average molecular weight is 426 g/mol. The lowest BCUT2D eigenvalue weighted by molar-refractivity contribution is -0.384. The van der Waals surface area contributed by atoms with Crippen molar-refractivity contribution >= 4 is 28.2 Å². The number of benzene rings is 2. The zero-order chi connectivity index (χ0) is 22.6. The number of carbonyl (C=O) groups excluding carboxylic acids is 1. The fourth-order valence-electron chi connectivity index (χ4n) is 2.99. The molecule has 0 aliphatic rings. The lowest BCUT2D eigenvalue weighted by atomic mass is 10.1. The molecule has 0 aliphatic carbocycles. The van der Waals surface area contributed by atoms with E-state index >= 15 is 0 Å². The van der Waals surface area contributed by atoms with Gasteiger partial charge < -0.3 is 25.5 Å². The van der Waals surface area contributed by atoms with Crippen molar-refractivity contribution in [2.45, 2.75) is 32.4 Å². The number of carbonyl (C=O) groups is 1. The second-order valence-corrected chi connectivity index (χ2v) is 8.23. The van der Waals surface area contributed by atoms with E-state index in [0.717, 1.165) is 10.9 Å². The highest BCUT2D eigenvalue weighted by molar-refractivity contribution is 6.10. The van der Waals surface area contributed by atoms with Gasteiger partial charge in [0.15, 0.2) is 0 Å². The summed E-state index contributed by atoms with van der Waals surface area (Å²) in [4.78, 5) is 26.7. The topological polar surface area (TPSA) is 130 Å². The summed E-state index contributed by atoms with van der Waals surface area (Å²) >= 11 is 0. The molecule has 164 valence electrons. The molecule has 0 saturated carbocycles. The molecule has 9 nitrogen and oxygen atoms in total. The van der Waals surface area contributed by atoms with Crippen LogP contribution in [0, 0.1) is 10.1 Å². The van der Waals surface area contributed by atoms with Crippen molar-refractivity contribution in [3.8, 4) is 5.75 Å². The molecular formula is C22H26N4O5. The third-order valence-electron chi connectivity index (χ3n) is 4.56. The lowest BCUT2D eigenvalue weighted by Gasteiger charge is -2.23. The first-order valence-electron chi connectivity index (χ1n) is 9.86. The molecule has 1 aromatic heterocycles. The molecule has 1 heterocycles. The molecule has 1 atom stereocenters. The molecule has 0 radical (unpaired) electrons. The Hall–Kier alpha value is -3.43. The van der Waals surface area contributed by atoms with Gasteiger partial charge in [-0.2, -0.15) is 0 Å². The Morgan fingerprint density at radius 1 is 1.26 bits per heavy atom. The number of nitro groups is 1. The monoisotopic (exact) mass is 426 g/mol. The number of anilines is 1. The van der Waals surface area contributed by atoms with Crippen molar-refractivity contribution in [1.29, 1.82) is 0 Å². The van der Waals surface area contributed by atoms with Gasteiger partial charge in [-0.25, -0.2) is 0 Å². The minimum absolute atomic E-state index is 0.0118. The minimum Gasteiger partial charge on any atom is -0.490 e. The number of rotatable bonds is 8. The summed E-state index contributed by atoms with van der Waals surface area (Å²) < 4.78 is 5.65. The standard InChI is InChI=1S/C22H26N4O5/c1-22(2,3)24-12-15(27)13-31-20-8-7-14(26(29)30)11-17(20)21(28)25-19-6-4-5-18-16(19)9-10-23-18/h4-11,15,23-24,27H,12-13H2,1-3H3,(H,25,28). The van der Waals surface area contributed by atoms with Gasteiger partial charge in [0, 0.05) is 41.3 Å². The number of aliphatic hydroxyl groups excluding tert-OH is 1. The van der Waals surface area contributed by atoms with E-state index in [1.54, 1.807) is 18.3 Å². The Morgan fingerprint density at radius 3 is 2.74 bits per heavy atom. The second-order valence-electron chi connectivity index (χ2n) is 8.23. The molecule has 0 fully saturated rings. The molecule has 1 unspecified atom stereocenters. The number of aromatic nitrogens is 1. The predicted octanol–water partition coefficient (Wildman–Crippen LogP) is 3.46. The van der Waals surface area contributed by atoms with Gasteiger partial charge in [0.05, 0.1) is 16.2 Å². The Kier molecular flexibility index (Phi) is 6.57. The number of amides is 1. The summed E-state index contributed by atoms with van der Waals surface area (Å²) in [5, 5.41) is 28.2. The first kappa shape index (κ1) is 22.3. The maximum absolute atomic E-state index is 13.0. The number of fused-ring (bicyclic) bond motifs is 1. The van der Waals surface area contributed by atoms with Crippen molar-refractivity contribution in [2.75, 3.05) is 18.5 Å². The molecule has 2 aromatic carbocycles. The van der Waals surface area contributed by atoms with Crippen LogP contribution in [0.2, 0.25) is 0 Å². The Balaban J connectivity index is 1.80. The largest absolute Gasteiger partial charge is 0.490 e. The zero-order valence-corrected chi connectivity index (χ0v) is 17.6. The molecule has 0 bridgehead atoms. The third-order valence-corrected chi connectivity index (χ3v) is 4.56. The van der Waals surface area contributed by atoms with Crippen LogP contribution >= 0.6 is 0 Å². The lowest BCUT2D eigenvalue weighted by Crippen LogP contribution is -2.42. The van der Waals surface area contributed by atoms with Gasteiger partial charge in [-0.3, -0.25) is 14.9 Å². The van der Waals surface area contributed by atoms with Crippen LogP contribution in [0.5, 0.6) is 5.75 Å². The maximum Gasteiger partial charge on any atom is 0.270 e. The normalized spacial score (nSPS) is 12.5. The maximum atomic E-state index is 13.0. The van der Waals surface area contributed by atoms with Gasteiger partial charge >= 0.3 is 0 Å². The van der Waals surface area contributed by atoms with E-state index in [2.05, 4.69) is 15.6 Å². The number of ether oxygens (including phenoxy) is 1. The highest BCUT2D eigenvalue weighted by atomic mass is 16.6. The van der Waals surface area contributed by atoms with Crippen molar-refractivity contribution in [3.63, 3.8) is 0 Å².